The first kappa shape index (κ1) is 32.3. The quantitative estimate of drug-likeness (QED) is 0.114. The van der Waals surface area contributed by atoms with Crippen LogP contribution in [0.3, 0.4) is 0 Å². The summed E-state index contributed by atoms with van der Waals surface area (Å²) in [7, 11) is 0. The Morgan fingerprint density at radius 3 is 2.24 bits per heavy atom. The van der Waals surface area contributed by atoms with Crippen molar-refractivity contribution in [2.75, 3.05) is 64.2 Å². The van der Waals surface area contributed by atoms with E-state index in [9.17, 15) is 39.8 Å². The summed E-state index contributed by atoms with van der Waals surface area (Å²) in [6.07, 6.45) is 3.30. The number of aromatic nitrogens is 2. The zero-order chi connectivity index (χ0) is 30.6. The zero-order valence-corrected chi connectivity index (χ0v) is 23.6. The molecule has 2 heterocycles. The fourth-order valence-corrected chi connectivity index (χ4v) is 4.94. The van der Waals surface area contributed by atoms with Crippen molar-refractivity contribution in [3.63, 3.8) is 0 Å². The summed E-state index contributed by atoms with van der Waals surface area (Å²) in [5, 5.41) is 45.6. The van der Waals surface area contributed by atoms with Gasteiger partial charge in [0.25, 0.3) is 0 Å². The minimum absolute atomic E-state index is 0.221. The molecule has 1 aromatic heterocycles. The van der Waals surface area contributed by atoms with Gasteiger partial charge in [-0.15, -0.1) is 0 Å². The number of thiocarbonyl (C=S) groups is 1. The lowest BCUT2D eigenvalue weighted by Gasteiger charge is -2.33. The highest BCUT2D eigenvalue weighted by Gasteiger charge is 2.28. The highest BCUT2D eigenvalue weighted by atomic mass is 32.1. The molecule has 1 saturated heterocycles. The Kier molecular flexibility index (Phi) is 12.1. The molecule has 0 radical (unpaired) electrons. The summed E-state index contributed by atoms with van der Waals surface area (Å²) < 4.78 is 1.40. The maximum atomic E-state index is 11.7. The van der Waals surface area contributed by atoms with E-state index in [4.69, 9.17) is 12.2 Å². The number of nitro groups is 1. The third-order valence-electron chi connectivity index (χ3n) is 6.66. The average Bonchev–Trinajstić information content (AvgIpc) is 3.39. The monoisotopic (exact) mass is 606 g/mol. The topological polar surface area (TPSA) is 207 Å². The number of nitrogens with one attached hydrogen (secondary N) is 2. The minimum atomic E-state index is -1.03. The van der Waals surface area contributed by atoms with Crippen LogP contribution in [0.25, 0.3) is 0 Å². The second kappa shape index (κ2) is 15.7. The van der Waals surface area contributed by atoms with Gasteiger partial charge in [-0.2, -0.15) is 0 Å². The van der Waals surface area contributed by atoms with E-state index in [0.29, 0.717) is 56.5 Å². The zero-order valence-electron chi connectivity index (χ0n) is 22.8. The number of benzene rings is 1. The lowest BCUT2D eigenvalue weighted by atomic mass is 10.0. The summed E-state index contributed by atoms with van der Waals surface area (Å²) in [5.41, 5.74) is 1.59. The number of carbonyl (C=O) groups is 3. The second-order valence-electron chi connectivity index (χ2n) is 9.78. The van der Waals surface area contributed by atoms with Gasteiger partial charge < -0.3 is 36.1 Å². The number of carboxylic acids is 3. The normalized spacial score (nSPS) is 17.0. The highest BCUT2D eigenvalue weighted by molar-refractivity contribution is 7.80. The van der Waals surface area contributed by atoms with Crippen molar-refractivity contribution in [1.29, 1.82) is 0 Å². The maximum absolute atomic E-state index is 11.7. The van der Waals surface area contributed by atoms with Crippen LogP contribution in [0.4, 0.5) is 11.6 Å². The molecular weight excluding hydrogens is 572 g/mol. The molecule has 0 bridgehead atoms. The van der Waals surface area contributed by atoms with E-state index in [0.717, 1.165) is 5.56 Å². The molecule has 0 amide bonds. The number of nitrogens with zero attached hydrogens (tertiary/aromatic N) is 6. The average molecular weight is 607 g/mol. The van der Waals surface area contributed by atoms with Gasteiger partial charge in [-0.3, -0.25) is 29.1 Å². The standard InChI is InChI=1S/C25H34N8O8S/c34-21(35)15-29-9-10-30(16-22(36)37)14-20(32(12-11-29)17-23(38)39)13-18-1-3-19(4-2-18)28-24(42)26-5-7-31-8-6-27-25(31)33(40)41/h1-4,6,8,20H,5,7,9-17H2,(H,34,35)(H,36,37)(H,38,39)(H2,26,28,42). The number of carboxylic acid groups (broad SMARTS) is 3. The number of imidazole rings is 1. The Morgan fingerprint density at radius 2 is 1.60 bits per heavy atom. The van der Waals surface area contributed by atoms with Crippen molar-refractivity contribution in [1.82, 2.24) is 29.6 Å². The molecule has 0 spiro atoms. The van der Waals surface area contributed by atoms with Crippen LogP contribution >= 0.6 is 12.2 Å². The maximum Gasteiger partial charge on any atom is 0.434 e. The molecule has 1 unspecified atom stereocenters. The molecule has 1 aromatic carbocycles. The first-order valence-corrected chi connectivity index (χ1v) is 13.5. The van der Waals surface area contributed by atoms with Gasteiger partial charge in [0.05, 0.1) is 26.2 Å². The molecule has 0 aliphatic carbocycles. The fraction of sp³-hybridized carbons (Fsp3) is 0.480. The van der Waals surface area contributed by atoms with Crippen LogP contribution < -0.4 is 10.6 Å². The van der Waals surface area contributed by atoms with E-state index in [1.54, 1.807) is 14.7 Å². The van der Waals surface area contributed by atoms with E-state index >= 15 is 0 Å². The van der Waals surface area contributed by atoms with Crippen LogP contribution in [-0.4, -0.2) is 132 Å². The Labute approximate surface area is 246 Å². The molecule has 0 saturated carbocycles. The first-order valence-electron chi connectivity index (χ1n) is 13.1. The predicted molar refractivity (Wildman–Crippen MR) is 154 cm³/mol. The third-order valence-corrected chi connectivity index (χ3v) is 6.90. The van der Waals surface area contributed by atoms with E-state index in [2.05, 4.69) is 15.6 Å². The Balaban J connectivity index is 1.64. The number of hydrogen-bond donors (Lipinski definition) is 5. The molecule has 2 aromatic rings. The molecule has 42 heavy (non-hydrogen) atoms. The van der Waals surface area contributed by atoms with Gasteiger partial charge >= 0.3 is 23.9 Å². The summed E-state index contributed by atoms with van der Waals surface area (Å²) in [6.45, 7) is 1.50. The predicted octanol–water partition coefficient (Wildman–Crippen LogP) is -0.138. The largest absolute Gasteiger partial charge is 0.480 e. The molecule has 5 N–H and O–H groups in total. The Bertz CT molecular complexity index is 1260. The van der Waals surface area contributed by atoms with Crippen molar-refractivity contribution >= 4 is 46.9 Å². The number of rotatable bonds is 13. The summed E-state index contributed by atoms with van der Waals surface area (Å²) in [5.74, 6) is -3.31. The Morgan fingerprint density at radius 1 is 0.976 bits per heavy atom. The van der Waals surface area contributed by atoms with Crippen molar-refractivity contribution in [2.45, 2.75) is 19.0 Å². The first-order chi connectivity index (χ1) is 20.0. The molecule has 1 aliphatic heterocycles. The lowest BCUT2D eigenvalue weighted by molar-refractivity contribution is -0.396. The van der Waals surface area contributed by atoms with Gasteiger partial charge in [0.1, 0.15) is 12.4 Å². The van der Waals surface area contributed by atoms with Crippen molar-refractivity contribution in [3.8, 4) is 0 Å². The van der Waals surface area contributed by atoms with E-state index in [1.807, 2.05) is 24.3 Å². The van der Waals surface area contributed by atoms with Gasteiger partial charge in [-0.1, -0.05) is 17.1 Å². The van der Waals surface area contributed by atoms with Gasteiger partial charge in [-0.05, 0) is 41.3 Å². The lowest BCUT2D eigenvalue weighted by Crippen LogP contribution is -2.49. The van der Waals surface area contributed by atoms with Crippen molar-refractivity contribution in [3.05, 3.63) is 52.3 Å². The molecule has 16 nitrogen and oxygen atoms in total. The number of aliphatic carboxylic acids is 3. The molecule has 1 atom stereocenters. The van der Waals surface area contributed by atoms with E-state index in [-0.39, 0.29) is 38.2 Å². The number of hydrogen-bond acceptors (Lipinski definition) is 10. The Hall–Kier alpha value is -4.19. The molecule has 1 fully saturated rings. The van der Waals surface area contributed by atoms with Crippen LogP contribution in [0.5, 0.6) is 0 Å². The molecule has 3 rings (SSSR count). The van der Waals surface area contributed by atoms with Gasteiger partial charge in [0.15, 0.2) is 5.11 Å². The van der Waals surface area contributed by atoms with E-state index < -0.39 is 22.8 Å². The molecule has 228 valence electrons. The second-order valence-corrected chi connectivity index (χ2v) is 10.2. The van der Waals surface area contributed by atoms with E-state index in [1.165, 1.54) is 17.0 Å². The SMILES string of the molecule is O=C(O)CN1CCN(CC(=O)O)CC(Cc2ccc(NC(=S)NCCn3ccnc3[N+](=O)[O-])cc2)N(CC(=O)O)CC1. The minimum Gasteiger partial charge on any atom is -0.480 e. The smallest absolute Gasteiger partial charge is 0.434 e. The van der Waals surface area contributed by atoms with Crippen LogP contribution in [-0.2, 0) is 27.3 Å². The highest BCUT2D eigenvalue weighted by Crippen LogP contribution is 2.16. The summed E-state index contributed by atoms with van der Waals surface area (Å²) >= 11 is 5.32. The van der Waals surface area contributed by atoms with Crippen LogP contribution in [0, 0.1) is 10.1 Å². The summed E-state index contributed by atoms with van der Waals surface area (Å²) in [6, 6.07) is 7.01. The van der Waals surface area contributed by atoms with Crippen molar-refractivity contribution in [2.24, 2.45) is 0 Å². The molecule has 1 aliphatic rings. The third kappa shape index (κ3) is 10.7. The van der Waals surface area contributed by atoms with Crippen LogP contribution in [0.15, 0.2) is 36.7 Å². The number of anilines is 1. The fourth-order valence-electron chi connectivity index (χ4n) is 4.72. The molecular formula is C25H34N8O8S. The molecule has 17 heteroatoms. The van der Waals surface area contributed by atoms with Crippen LogP contribution in [0.1, 0.15) is 5.56 Å². The van der Waals surface area contributed by atoms with Gasteiger partial charge in [0, 0.05) is 51.0 Å². The van der Waals surface area contributed by atoms with Gasteiger partial charge in [0.2, 0.25) is 0 Å². The van der Waals surface area contributed by atoms with Crippen molar-refractivity contribution < 1.29 is 34.6 Å². The van der Waals surface area contributed by atoms with Crippen LogP contribution in [0.2, 0.25) is 0 Å². The summed E-state index contributed by atoms with van der Waals surface area (Å²) in [4.78, 5) is 53.8. The van der Waals surface area contributed by atoms with Gasteiger partial charge in [-0.25, -0.2) is 4.57 Å².